The highest BCUT2D eigenvalue weighted by molar-refractivity contribution is 5.99. The van der Waals surface area contributed by atoms with Crippen molar-refractivity contribution in [3.8, 4) is 0 Å². The van der Waals surface area contributed by atoms with Crippen LogP contribution in [0, 0.1) is 0 Å². The molecule has 118 valence electrons. The maximum atomic E-state index is 13.0. The van der Waals surface area contributed by atoms with E-state index < -0.39 is 0 Å². The van der Waals surface area contributed by atoms with Crippen LogP contribution in [0.15, 0.2) is 24.4 Å². The molecule has 5 heteroatoms. The number of aromatic nitrogens is 2. The maximum Gasteiger partial charge on any atom is 0.275 e. The van der Waals surface area contributed by atoms with Gasteiger partial charge in [0.25, 0.3) is 5.91 Å². The molecule has 1 aliphatic heterocycles. The second kappa shape index (κ2) is 5.39. The lowest BCUT2D eigenvalue weighted by Crippen LogP contribution is -2.47. The van der Waals surface area contributed by atoms with Gasteiger partial charge < -0.3 is 14.0 Å². The molecule has 0 aromatic carbocycles. The summed E-state index contributed by atoms with van der Waals surface area (Å²) in [5.74, 6) is 0.905. The Morgan fingerprint density at radius 3 is 2.82 bits per heavy atom. The molecule has 22 heavy (non-hydrogen) atoms. The predicted octanol–water partition coefficient (Wildman–Crippen LogP) is 2.49. The van der Waals surface area contributed by atoms with Crippen molar-refractivity contribution in [1.82, 2.24) is 14.3 Å². The molecule has 1 unspecified atom stereocenters. The first-order chi connectivity index (χ1) is 10.4. The summed E-state index contributed by atoms with van der Waals surface area (Å²) in [6.45, 7) is 10.1. The van der Waals surface area contributed by atoms with E-state index in [1.165, 1.54) is 0 Å². The van der Waals surface area contributed by atoms with E-state index in [9.17, 15) is 4.79 Å². The topological polar surface area (TPSA) is 46.8 Å². The van der Waals surface area contributed by atoms with Crippen molar-refractivity contribution in [1.29, 1.82) is 0 Å². The van der Waals surface area contributed by atoms with Crippen LogP contribution in [0.25, 0.3) is 5.52 Å². The molecule has 1 atom stereocenters. The van der Waals surface area contributed by atoms with Gasteiger partial charge in [0.2, 0.25) is 0 Å². The Balaban J connectivity index is 2.09. The van der Waals surface area contributed by atoms with E-state index in [0.717, 1.165) is 11.3 Å². The number of hydrogen-bond acceptors (Lipinski definition) is 3. The molecule has 1 fully saturated rings. The predicted molar refractivity (Wildman–Crippen MR) is 85.2 cm³/mol. The minimum atomic E-state index is -0.126. The molecular weight excluding hydrogens is 278 g/mol. The van der Waals surface area contributed by atoms with Gasteiger partial charge in [0.15, 0.2) is 5.69 Å². The zero-order valence-electron chi connectivity index (χ0n) is 13.7. The van der Waals surface area contributed by atoms with Crippen molar-refractivity contribution in [3.63, 3.8) is 0 Å². The third-order valence-corrected chi connectivity index (χ3v) is 4.05. The van der Waals surface area contributed by atoms with Crippen molar-refractivity contribution in [2.24, 2.45) is 0 Å². The molecule has 1 amide bonds. The molecule has 1 aliphatic rings. The van der Waals surface area contributed by atoms with Crippen LogP contribution >= 0.6 is 0 Å². The molecule has 3 rings (SSSR count). The lowest BCUT2D eigenvalue weighted by atomic mass is 9.96. The number of ether oxygens (including phenoxy) is 1. The molecule has 2 aromatic heterocycles. The number of morpholine rings is 1. The molecule has 3 heterocycles. The van der Waals surface area contributed by atoms with Crippen LogP contribution in [0.3, 0.4) is 0 Å². The molecule has 0 spiro atoms. The van der Waals surface area contributed by atoms with Gasteiger partial charge in [-0.15, -0.1) is 0 Å². The molecule has 0 radical (unpaired) electrons. The van der Waals surface area contributed by atoms with E-state index >= 15 is 0 Å². The third kappa shape index (κ3) is 2.50. The minimum Gasteiger partial charge on any atom is -0.377 e. The number of carbonyl (C=O) groups excluding carboxylic acids is 1. The van der Waals surface area contributed by atoms with Crippen LogP contribution in [0.4, 0.5) is 0 Å². The number of amides is 1. The highest BCUT2D eigenvalue weighted by Crippen LogP contribution is 2.26. The summed E-state index contributed by atoms with van der Waals surface area (Å²) >= 11 is 0. The lowest BCUT2D eigenvalue weighted by molar-refractivity contribution is 0.00340. The Morgan fingerprint density at radius 1 is 1.36 bits per heavy atom. The molecule has 2 aromatic rings. The first kappa shape index (κ1) is 15.0. The summed E-state index contributed by atoms with van der Waals surface area (Å²) in [4.78, 5) is 19.5. The van der Waals surface area contributed by atoms with Crippen molar-refractivity contribution >= 4 is 11.4 Å². The Labute approximate surface area is 130 Å². The average molecular weight is 301 g/mol. The van der Waals surface area contributed by atoms with Gasteiger partial charge in [-0.05, 0) is 19.1 Å². The smallest absolute Gasteiger partial charge is 0.275 e. The highest BCUT2D eigenvalue weighted by atomic mass is 16.5. The number of carbonyl (C=O) groups is 1. The van der Waals surface area contributed by atoms with Gasteiger partial charge in [-0.1, -0.05) is 26.8 Å². The molecule has 0 saturated carbocycles. The maximum absolute atomic E-state index is 13.0. The summed E-state index contributed by atoms with van der Waals surface area (Å²) in [7, 11) is 0. The fraction of sp³-hybridized carbons (Fsp3) is 0.529. The number of nitrogens with zero attached hydrogens (tertiary/aromatic N) is 3. The van der Waals surface area contributed by atoms with Gasteiger partial charge in [-0.25, -0.2) is 4.98 Å². The Bertz CT molecular complexity index is 699. The van der Waals surface area contributed by atoms with E-state index in [4.69, 9.17) is 9.72 Å². The first-order valence-corrected chi connectivity index (χ1v) is 7.76. The van der Waals surface area contributed by atoms with Crippen LogP contribution in [0.2, 0.25) is 0 Å². The molecule has 0 bridgehead atoms. The van der Waals surface area contributed by atoms with Crippen molar-refractivity contribution in [2.75, 3.05) is 19.8 Å². The van der Waals surface area contributed by atoms with Crippen LogP contribution < -0.4 is 0 Å². The summed E-state index contributed by atoms with van der Waals surface area (Å²) in [5.41, 5.74) is 1.29. The second-order valence-corrected chi connectivity index (χ2v) is 6.91. The number of imidazole rings is 1. The van der Waals surface area contributed by atoms with Gasteiger partial charge in [0.05, 0.1) is 24.8 Å². The summed E-state index contributed by atoms with van der Waals surface area (Å²) < 4.78 is 7.45. The molecule has 0 aliphatic carbocycles. The normalized spacial score (nSPS) is 19.6. The largest absolute Gasteiger partial charge is 0.377 e. The Hall–Kier alpha value is -1.88. The number of pyridine rings is 1. The third-order valence-electron chi connectivity index (χ3n) is 4.05. The van der Waals surface area contributed by atoms with Gasteiger partial charge in [0.1, 0.15) is 5.82 Å². The summed E-state index contributed by atoms with van der Waals surface area (Å²) in [5, 5.41) is 0. The zero-order valence-corrected chi connectivity index (χ0v) is 13.7. The van der Waals surface area contributed by atoms with Gasteiger partial charge in [0, 0.05) is 18.2 Å². The fourth-order valence-electron chi connectivity index (χ4n) is 2.89. The summed E-state index contributed by atoms with van der Waals surface area (Å²) in [6.07, 6.45) is 1.97. The van der Waals surface area contributed by atoms with Crippen LogP contribution in [0.1, 0.15) is 44.0 Å². The van der Waals surface area contributed by atoms with E-state index in [1.54, 1.807) is 0 Å². The van der Waals surface area contributed by atoms with Crippen molar-refractivity contribution in [2.45, 2.75) is 39.2 Å². The lowest BCUT2D eigenvalue weighted by Gasteiger charge is -2.32. The molecule has 1 saturated heterocycles. The quantitative estimate of drug-likeness (QED) is 0.813. The number of hydrogen-bond donors (Lipinski definition) is 0. The van der Waals surface area contributed by atoms with E-state index in [-0.39, 0.29) is 17.4 Å². The minimum absolute atomic E-state index is 0.00463. The average Bonchev–Trinajstić information content (AvgIpc) is 2.87. The summed E-state index contributed by atoms with van der Waals surface area (Å²) in [6, 6.07) is 5.96. The molecule has 0 N–H and O–H groups in total. The molecular formula is C17H23N3O2. The first-order valence-electron chi connectivity index (χ1n) is 7.76. The van der Waals surface area contributed by atoms with E-state index in [1.807, 2.05) is 40.6 Å². The molecule has 5 nitrogen and oxygen atoms in total. The van der Waals surface area contributed by atoms with Crippen LogP contribution in [-0.2, 0) is 10.2 Å². The monoisotopic (exact) mass is 301 g/mol. The van der Waals surface area contributed by atoms with Gasteiger partial charge in [-0.3, -0.25) is 4.79 Å². The Kier molecular flexibility index (Phi) is 3.68. The fourth-order valence-corrected chi connectivity index (χ4v) is 2.89. The van der Waals surface area contributed by atoms with Gasteiger partial charge >= 0.3 is 0 Å². The number of rotatable bonds is 1. The Morgan fingerprint density at radius 2 is 2.14 bits per heavy atom. The van der Waals surface area contributed by atoms with E-state index in [0.29, 0.717) is 25.5 Å². The second-order valence-electron chi connectivity index (χ2n) is 6.91. The number of fused-ring (bicyclic) bond motifs is 1. The van der Waals surface area contributed by atoms with Crippen LogP contribution in [0.5, 0.6) is 0 Å². The van der Waals surface area contributed by atoms with E-state index in [2.05, 4.69) is 20.8 Å². The zero-order chi connectivity index (χ0) is 15.9. The standard InChI is InChI=1S/C17H23N3O2/c1-12-11-22-10-9-19(12)15(21)14-13-7-5-6-8-20(13)16(18-14)17(2,3)4/h5-8,12H,9-11H2,1-4H3. The van der Waals surface area contributed by atoms with Crippen LogP contribution in [-0.4, -0.2) is 46.0 Å². The highest BCUT2D eigenvalue weighted by Gasteiger charge is 2.30. The van der Waals surface area contributed by atoms with Crippen molar-refractivity contribution < 1.29 is 9.53 Å². The SMILES string of the molecule is CC1COCCN1C(=O)c1nc(C(C)(C)C)n2ccccc12. The van der Waals surface area contributed by atoms with Crippen molar-refractivity contribution in [3.05, 3.63) is 35.9 Å². The van der Waals surface area contributed by atoms with Gasteiger partial charge in [-0.2, -0.15) is 0 Å².